The van der Waals surface area contributed by atoms with Gasteiger partial charge in [0.2, 0.25) is 0 Å². The van der Waals surface area contributed by atoms with Crippen LogP contribution in [0.4, 0.5) is 0 Å². The van der Waals surface area contributed by atoms with E-state index in [0.29, 0.717) is 43.0 Å². The van der Waals surface area contributed by atoms with Gasteiger partial charge in [-0.05, 0) is 49.1 Å². The highest BCUT2D eigenvalue weighted by Crippen LogP contribution is 2.35. The highest BCUT2D eigenvalue weighted by Gasteiger charge is 2.28. The number of hydrogen-bond donors (Lipinski definition) is 1. The Labute approximate surface area is 182 Å². The molecule has 2 aromatic carbocycles. The zero-order chi connectivity index (χ0) is 21.8. The molecule has 162 valence electrons. The molecule has 1 fully saturated rings. The van der Waals surface area contributed by atoms with Crippen molar-refractivity contribution in [1.82, 2.24) is 10.2 Å². The molecule has 0 bridgehead atoms. The molecule has 0 radical (unpaired) electrons. The van der Waals surface area contributed by atoms with E-state index in [1.54, 1.807) is 20.3 Å². The van der Waals surface area contributed by atoms with Gasteiger partial charge >= 0.3 is 0 Å². The van der Waals surface area contributed by atoms with Gasteiger partial charge in [-0.25, -0.2) is 0 Å². The van der Waals surface area contributed by atoms with Crippen molar-refractivity contribution in [3.63, 3.8) is 0 Å². The van der Waals surface area contributed by atoms with Gasteiger partial charge in [0.1, 0.15) is 0 Å². The van der Waals surface area contributed by atoms with E-state index in [9.17, 15) is 9.59 Å². The fourth-order valence-electron chi connectivity index (χ4n) is 4.33. The van der Waals surface area contributed by atoms with Crippen LogP contribution in [-0.4, -0.2) is 50.4 Å². The molecule has 2 aliphatic rings. The highest BCUT2D eigenvalue weighted by atomic mass is 16.5. The van der Waals surface area contributed by atoms with Gasteiger partial charge in [0.25, 0.3) is 5.91 Å². The van der Waals surface area contributed by atoms with Crippen LogP contribution in [0.25, 0.3) is 5.70 Å². The Balaban J connectivity index is 1.45. The number of amides is 1. The molecule has 0 aromatic heterocycles. The van der Waals surface area contributed by atoms with Gasteiger partial charge in [0.05, 0.1) is 14.2 Å². The zero-order valence-electron chi connectivity index (χ0n) is 18.0. The molecule has 6 nitrogen and oxygen atoms in total. The minimum atomic E-state index is -0.0698. The Bertz CT molecular complexity index is 992. The molecule has 0 atom stereocenters. The summed E-state index contributed by atoms with van der Waals surface area (Å²) in [5, 5.41) is 3.36. The first-order valence-electron chi connectivity index (χ1n) is 10.7. The molecule has 2 aliphatic heterocycles. The number of methoxy groups -OCH3 is 2. The van der Waals surface area contributed by atoms with Crippen molar-refractivity contribution >= 4 is 17.4 Å². The van der Waals surface area contributed by atoms with Crippen molar-refractivity contribution in [1.29, 1.82) is 0 Å². The van der Waals surface area contributed by atoms with Crippen molar-refractivity contribution < 1.29 is 19.1 Å². The number of carbonyl (C=O) groups excluding carboxylic acids is 2. The van der Waals surface area contributed by atoms with Crippen LogP contribution in [-0.2, 0) is 11.2 Å². The molecule has 1 amide bonds. The predicted octanol–water partition coefficient (Wildman–Crippen LogP) is 3.31. The Morgan fingerprint density at radius 3 is 2.39 bits per heavy atom. The third-order valence-electron chi connectivity index (χ3n) is 6.10. The molecule has 0 saturated carbocycles. The summed E-state index contributed by atoms with van der Waals surface area (Å²) in [5.41, 5.74) is 3.64. The molecular formula is C25H28N2O4. The number of carbonyl (C=O) groups is 2. The molecule has 1 N–H and O–H groups in total. The molecule has 2 heterocycles. The number of piperidine rings is 1. The van der Waals surface area contributed by atoms with Gasteiger partial charge in [-0.3, -0.25) is 9.59 Å². The maximum absolute atomic E-state index is 13.0. The Hall–Kier alpha value is -3.28. The van der Waals surface area contributed by atoms with Gasteiger partial charge < -0.3 is 19.7 Å². The number of allylic oxidation sites excluding steroid dienone is 1. The second-order valence-corrected chi connectivity index (χ2v) is 7.93. The van der Waals surface area contributed by atoms with E-state index >= 15 is 0 Å². The number of ketones is 1. The SMILES string of the molecule is COc1cc2c(cc1OC)C(=CC(=O)C1CCN(C(=O)c3ccccc3)CC1)NCC2. The number of nitrogens with one attached hydrogen (secondary N) is 1. The van der Waals surface area contributed by atoms with Crippen LogP contribution >= 0.6 is 0 Å². The summed E-state index contributed by atoms with van der Waals surface area (Å²) in [6.07, 6.45) is 3.95. The Morgan fingerprint density at radius 2 is 1.71 bits per heavy atom. The number of benzene rings is 2. The minimum absolute atomic E-state index is 0.0359. The van der Waals surface area contributed by atoms with E-state index in [1.165, 1.54) is 0 Å². The fraction of sp³-hybridized carbons (Fsp3) is 0.360. The largest absolute Gasteiger partial charge is 0.493 e. The van der Waals surface area contributed by atoms with Crippen LogP contribution < -0.4 is 14.8 Å². The first kappa shape index (κ1) is 21.0. The van der Waals surface area contributed by atoms with E-state index < -0.39 is 0 Å². The fourth-order valence-corrected chi connectivity index (χ4v) is 4.33. The van der Waals surface area contributed by atoms with E-state index in [4.69, 9.17) is 9.47 Å². The molecule has 0 aliphatic carbocycles. The lowest BCUT2D eigenvalue weighted by Gasteiger charge is -2.31. The second kappa shape index (κ2) is 9.25. The lowest BCUT2D eigenvalue weighted by molar-refractivity contribution is -0.119. The monoisotopic (exact) mass is 420 g/mol. The third-order valence-corrected chi connectivity index (χ3v) is 6.10. The smallest absolute Gasteiger partial charge is 0.253 e. The van der Waals surface area contributed by atoms with Crippen LogP contribution in [0.15, 0.2) is 48.5 Å². The number of hydrogen-bond acceptors (Lipinski definition) is 5. The van der Waals surface area contributed by atoms with Crippen molar-refractivity contribution in [2.24, 2.45) is 5.92 Å². The second-order valence-electron chi connectivity index (χ2n) is 7.93. The molecule has 0 unspecified atom stereocenters. The number of nitrogens with zero attached hydrogens (tertiary/aromatic N) is 1. The summed E-state index contributed by atoms with van der Waals surface area (Å²) in [4.78, 5) is 27.5. The Morgan fingerprint density at radius 1 is 1.03 bits per heavy atom. The van der Waals surface area contributed by atoms with E-state index in [-0.39, 0.29) is 17.6 Å². The lowest BCUT2D eigenvalue weighted by Crippen LogP contribution is -2.40. The average molecular weight is 421 g/mol. The first-order valence-corrected chi connectivity index (χ1v) is 10.7. The van der Waals surface area contributed by atoms with Crippen LogP contribution in [0, 0.1) is 5.92 Å². The quantitative estimate of drug-likeness (QED) is 0.752. The van der Waals surface area contributed by atoms with Crippen molar-refractivity contribution in [3.8, 4) is 11.5 Å². The molecular weight excluding hydrogens is 392 g/mol. The van der Waals surface area contributed by atoms with Crippen LogP contribution in [0.1, 0.15) is 34.3 Å². The summed E-state index contributed by atoms with van der Waals surface area (Å²) < 4.78 is 10.9. The summed E-state index contributed by atoms with van der Waals surface area (Å²) in [6, 6.07) is 13.2. The molecule has 1 saturated heterocycles. The summed E-state index contributed by atoms with van der Waals surface area (Å²) >= 11 is 0. The van der Waals surface area contributed by atoms with Gasteiger partial charge in [-0.15, -0.1) is 0 Å². The third kappa shape index (κ3) is 4.43. The van der Waals surface area contributed by atoms with Gasteiger partial charge in [-0.2, -0.15) is 0 Å². The molecule has 0 spiro atoms. The van der Waals surface area contributed by atoms with Crippen LogP contribution in [0.3, 0.4) is 0 Å². The average Bonchev–Trinajstić information content (AvgIpc) is 2.83. The van der Waals surface area contributed by atoms with Gasteiger partial charge in [0.15, 0.2) is 17.3 Å². The minimum Gasteiger partial charge on any atom is -0.493 e. The number of ether oxygens (including phenoxy) is 2. The normalized spacial score (nSPS) is 17.6. The molecule has 2 aromatic rings. The van der Waals surface area contributed by atoms with E-state index in [0.717, 1.165) is 29.8 Å². The number of fused-ring (bicyclic) bond motifs is 1. The van der Waals surface area contributed by atoms with Gasteiger partial charge in [-0.1, -0.05) is 18.2 Å². The first-order chi connectivity index (χ1) is 15.1. The number of rotatable bonds is 5. The van der Waals surface area contributed by atoms with Crippen LogP contribution in [0.5, 0.6) is 11.5 Å². The standard InChI is InChI=1S/C25H28N2O4/c1-30-23-14-19-8-11-26-21(20(19)15-24(23)31-2)16-22(28)17-9-12-27(13-10-17)25(29)18-6-4-3-5-7-18/h3-7,14-17,26H,8-13H2,1-2H3. The topological polar surface area (TPSA) is 67.9 Å². The van der Waals surface area contributed by atoms with Gasteiger partial charge in [0, 0.05) is 48.5 Å². The number of likely N-dealkylation sites (tertiary alicyclic amines) is 1. The van der Waals surface area contributed by atoms with E-state index in [2.05, 4.69) is 5.32 Å². The zero-order valence-corrected chi connectivity index (χ0v) is 18.0. The van der Waals surface area contributed by atoms with Crippen LogP contribution in [0.2, 0.25) is 0 Å². The van der Waals surface area contributed by atoms with E-state index in [1.807, 2.05) is 47.4 Å². The summed E-state index contributed by atoms with van der Waals surface area (Å²) in [5.74, 6) is 1.42. The van der Waals surface area contributed by atoms with Crippen molar-refractivity contribution in [2.75, 3.05) is 33.9 Å². The lowest BCUT2D eigenvalue weighted by atomic mass is 9.90. The highest BCUT2D eigenvalue weighted by molar-refractivity contribution is 5.99. The maximum Gasteiger partial charge on any atom is 0.253 e. The maximum atomic E-state index is 13.0. The van der Waals surface area contributed by atoms with Crippen molar-refractivity contribution in [3.05, 3.63) is 65.2 Å². The molecule has 4 rings (SSSR count). The summed E-state index contributed by atoms with van der Waals surface area (Å²) in [7, 11) is 3.24. The Kier molecular flexibility index (Phi) is 6.26. The molecule has 31 heavy (non-hydrogen) atoms. The van der Waals surface area contributed by atoms with Crippen molar-refractivity contribution in [2.45, 2.75) is 19.3 Å². The predicted molar refractivity (Wildman–Crippen MR) is 119 cm³/mol. The summed E-state index contributed by atoms with van der Waals surface area (Å²) in [6.45, 7) is 1.97. The molecule has 6 heteroatoms.